The maximum absolute atomic E-state index is 13.8. The van der Waals surface area contributed by atoms with E-state index in [-0.39, 0.29) is 22.2 Å². The largest absolute Gasteiger partial charge is 0.434 e. The highest BCUT2D eigenvalue weighted by Crippen LogP contribution is 2.34. The Morgan fingerprint density at radius 3 is 2.48 bits per heavy atom. The Bertz CT molecular complexity index is 1250. The van der Waals surface area contributed by atoms with E-state index < -0.39 is 23.3 Å². The number of amides is 1. The van der Waals surface area contributed by atoms with Gasteiger partial charge in [0, 0.05) is 12.4 Å². The van der Waals surface area contributed by atoms with Crippen molar-refractivity contribution in [2.45, 2.75) is 13.1 Å². The first-order chi connectivity index (χ1) is 14.8. The molecule has 4 rings (SSSR count). The van der Waals surface area contributed by atoms with Gasteiger partial charge in [0.1, 0.15) is 0 Å². The lowest BCUT2D eigenvalue weighted by molar-refractivity contribution is -0.143. The molecule has 0 atom stereocenters. The zero-order valence-electron chi connectivity index (χ0n) is 15.7. The Labute approximate surface area is 177 Å². The van der Waals surface area contributed by atoms with E-state index in [0.29, 0.717) is 10.2 Å². The third-order valence-corrected chi connectivity index (χ3v) is 4.47. The molecule has 1 amide bonds. The average molecular weight is 449 g/mol. The van der Waals surface area contributed by atoms with E-state index in [1.165, 1.54) is 43.1 Å². The Morgan fingerprint density at radius 2 is 1.84 bits per heavy atom. The lowest BCUT2D eigenvalue weighted by atomic mass is 10.2. The molecule has 158 valence electrons. The molecule has 0 aliphatic heterocycles. The van der Waals surface area contributed by atoms with Crippen LogP contribution in [0.4, 0.5) is 18.9 Å². The highest BCUT2D eigenvalue weighted by atomic mass is 35.5. The average Bonchev–Trinajstić information content (AvgIpc) is 3.38. The lowest BCUT2D eigenvalue weighted by Gasteiger charge is -2.14. The number of aryl methyl sites for hydroxylation is 1. The molecule has 0 aliphatic rings. The van der Waals surface area contributed by atoms with Crippen LogP contribution in [0.3, 0.4) is 0 Å². The highest BCUT2D eigenvalue weighted by Gasteiger charge is 2.40. The minimum absolute atomic E-state index is 0.0897. The number of nitrogens with zero attached hydrogens (tertiary/aromatic N) is 7. The van der Waals surface area contributed by atoms with Crippen LogP contribution in [0.1, 0.15) is 21.6 Å². The fourth-order valence-corrected chi connectivity index (χ4v) is 3.09. The number of alkyl halides is 3. The molecule has 0 radical (unpaired) electrons. The predicted molar refractivity (Wildman–Crippen MR) is 103 cm³/mol. The van der Waals surface area contributed by atoms with Crippen molar-refractivity contribution in [1.29, 1.82) is 0 Å². The summed E-state index contributed by atoms with van der Waals surface area (Å²) in [6.07, 6.45) is 2.84. The molecule has 0 aromatic carbocycles. The van der Waals surface area contributed by atoms with Crippen molar-refractivity contribution in [3.8, 4) is 11.5 Å². The van der Waals surface area contributed by atoms with E-state index in [1.807, 2.05) is 0 Å². The normalized spacial score (nSPS) is 11.5. The summed E-state index contributed by atoms with van der Waals surface area (Å²) in [6.45, 7) is 1.59. The van der Waals surface area contributed by atoms with E-state index in [1.54, 1.807) is 6.92 Å². The Kier molecular flexibility index (Phi) is 5.15. The Hall–Kier alpha value is -3.80. The molecule has 13 heteroatoms. The number of anilines is 1. The molecule has 9 nitrogen and oxygen atoms in total. The summed E-state index contributed by atoms with van der Waals surface area (Å²) in [7, 11) is 0. The predicted octanol–water partition coefficient (Wildman–Crippen LogP) is 3.48. The zero-order chi connectivity index (χ0) is 22.2. The number of nitrogens with one attached hydrogen (secondary N) is 1. The van der Waals surface area contributed by atoms with Gasteiger partial charge in [-0.05, 0) is 24.6 Å². The van der Waals surface area contributed by atoms with Crippen molar-refractivity contribution < 1.29 is 18.0 Å². The van der Waals surface area contributed by atoms with Crippen molar-refractivity contribution >= 4 is 23.2 Å². The van der Waals surface area contributed by atoms with Crippen LogP contribution in [0.25, 0.3) is 11.5 Å². The summed E-state index contributed by atoms with van der Waals surface area (Å²) in [5.41, 5.74) is -1.16. The SMILES string of the molecule is Cc1cnccc1-n1ncc(C(=O)Nc2cnc(-n3nccn3)c(Cl)c2)c1C(F)(F)F. The van der Waals surface area contributed by atoms with Crippen molar-refractivity contribution in [1.82, 2.24) is 34.7 Å². The van der Waals surface area contributed by atoms with Crippen molar-refractivity contribution in [2.24, 2.45) is 0 Å². The van der Waals surface area contributed by atoms with Gasteiger partial charge < -0.3 is 5.32 Å². The molecule has 0 unspecified atom stereocenters. The van der Waals surface area contributed by atoms with Crippen LogP contribution in [0.2, 0.25) is 5.02 Å². The van der Waals surface area contributed by atoms with Crippen LogP contribution in [0.15, 0.2) is 49.3 Å². The number of rotatable bonds is 4. The molecule has 0 bridgehead atoms. The van der Waals surface area contributed by atoms with Gasteiger partial charge in [0.2, 0.25) is 0 Å². The van der Waals surface area contributed by atoms with Crippen molar-refractivity contribution in [3.63, 3.8) is 0 Å². The Balaban J connectivity index is 1.68. The molecule has 0 fully saturated rings. The first-order valence-electron chi connectivity index (χ1n) is 8.65. The van der Waals surface area contributed by atoms with Gasteiger partial charge in [-0.1, -0.05) is 11.6 Å². The van der Waals surface area contributed by atoms with E-state index in [4.69, 9.17) is 11.6 Å². The van der Waals surface area contributed by atoms with E-state index >= 15 is 0 Å². The summed E-state index contributed by atoms with van der Waals surface area (Å²) in [5, 5.41) is 14.0. The molecule has 0 saturated heterocycles. The molecular formula is C18H12ClF3N8O. The minimum atomic E-state index is -4.84. The first-order valence-corrected chi connectivity index (χ1v) is 9.03. The molecular weight excluding hydrogens is 437 g/mol. The number of hydrogen-bond donors (Lipinski definition) is 1. The number of carbonyl (C=O) groups excluding carboxylic acids is 1. The zero-order valence-corrected chi connectivity index (χ0v) is 16.4. The van der Waals surface area contributed by atoms with E-state index in [2.05, 4.69) is 30.6 Å². The molecule has 4 aromatic rings. The summed E-state index contributed by atoms with van der Waals surface area (Å²) in [5.74, 6) is -0.824. The second-order valence-electron chi connectivity index (χ2n) is 6.28. The number of pyridine rings is 2. The number of halogens is 4. The van der Waals surface area contributed by atoms with Crippen molar-refractivity contribution in [3.05, 3.63) is 71.2 Å². The van der Waals surface area contributed by atoms with E-state index in [0.717, 1.165) is 11.0 Å². The second kappa shape index (κ2) is 7.80. The molecule has 4 heterocycles. The highest BCUT2D eigenvalue weighted by molar-refractivity contribution is 6.32. The van der Waals surface area contributed by atoms with Gasteiger partial charge in [0.05, 0.1) is 46.7 Å². The van der Waals surface area contributed by atoms with Gasteiger partial charge in [-0.2, -0.15) is 28.5 Å². The summed E-state index contributed by atoms with van der Waals surface area (Å²) in [6, 6.07) is 2.71. The van der Waals surface area contributed by atoms with E-state index in [9.17, 15) is 18.0 Å². The van der Waals surface area contributed by atoms with Crippen LogP contribution >= 0.6 is 11.6 Å². The standard InChI is InChI=1S/C18H12ClF3N8O/c1-10-7-23-3-2-14(10)29-15(18(20,21)22)12(9-27-29)17(31)28-11-6-13(19)16(24-8-11)30-25-4-5-26-30/h2-9H,1H3,(H,28,31). The second-order valence-corrected chi connectivity index (χ2v) is 6.69. The molecule has 0 aliphatic carbocycles. The van der Waals surface area contributed by atoms with Gasteiger partial charge in [-0.25, -0.2) is 9.67 Å². The Morgan fingerprint density at radius 1 is 1.10 bits per heavy atom. The fourth-order valence-electron chi connectivity index (χ4n) is 2.84. The third kappa shape index (κ3) is 3.97. The maximum atomic E-state index is 13.8. The van der Waals surface area contributed by atoms with Crippen LogP contribution in [0, 0.1) is 6.92 Å². The van der Waals surface area contributed by atoms with Crippen LogP contribution in [-0.4, -0.2) is 40.6 Å². The van der Waals surface area contributed by atoms with Crippen LogP contribution < -0.4 is 5.32 Å². The quantitative estimate of drug-likeness (QED) is 0.512. The van der Waals surface area contributed by atoms with Gasteiger partial charge >= 0.3 is 6.18 Å². The lowest BCUT2D eigenvalue weighted by Crippen LogP contribution is -2.21. The fraction of sp³-hybridized carbons (Fsp3) is 0.111. The third-order valence-electron chi connectivity index (χ3n) is 4.19. The molecule has 31 heavy (non-hydrogen) atoms. The monoisotopic (exact) mass is 448 g/mol. The number of hydrogen-bond acceptors (Lipinski definition) is 6. The molecule has 0 spiro atoms. The smallest absolute Gasteiger partial charge is 0.320 e. The summed E-state index contributed by atoms with van der Waals surface area (Å²) >= 11 is 6.14. The van der Waals surface area contributed by atoms with Gasteiger partial charge in [0.25, 0.3) is 5.91 Å². The molecule has 1 N–H and O–H groups in total. The number of carbonyl (C=O) groups is 1. The topological polar surface area (TPSA) is 103 Å². The van der Waals surface area contributed by atoms with Crippen molar-refractivity contribution in [2.75, 3.05) is 5.32 Å². The van der Waals surface area contributed by atoms with Crippen LogP contribution in [-0.2, 0) is 6.18 Å². The first kappa shape index (κ1) is 20.5. The minimum Gasteiger partial charge on any atom is -0.320 e. The van der Waals surface area contributed by atoms with Gasteiger partial charge in [0.15, 0.2) is 11.5 Å². The molecule has 4 aromatic heterocycles. The van der Waals surface area contributed by atoms with Gasteiger partial charge in [-0.15, -0.1) is 4.80 Å². The van der Waals surface area contributed by atoms with Gasteiger partial charge in [-0.3, -0.25) is 9.78 Å². The molecule has 0 saturated carbocycles. The summed E-state index contributed by atoms with van der Waals surface area (Å²) < 4.78 is 42.1. The summed E-state index contributed by atoms with van der Waals surface area (Å²) in [4.78, 5) is 21.7. The van der Waals surface area contributed by atoms with Crippen LogP contribution in [0.5, 0.6) is 0 Å². The maximum Gasteiger partial charge on any atom is 0.434 e. The number of aromatic nitrogens is 7.